The first-order valence-electron chi connectivity index (χ1n) is 4.78. The number of halogens is 3. The van der Waals surface area contributed by atoms with E-state index in [0.29, 0.717) is 19.3 Å². The summed E-state index contributed by atoms with van der Waals surface area (Å²) in [5.41, 5.74) is -1.24. The SMILES string of the molecule is CCOC(=O)C1(C[B-](F)(F)F)CCC1.[K+]. The third kappa shape index (κ3) is 4.38. The molecule has 1 saturated carbocycles. The van der Waals surface area contributed by atoms with Crippen molar-refractivity contribution < 1.29 is 73.9 Å². The predicted octanol–water partition coefficient (Wildman–Crippen LogP) is -0.429. The van der Waals surface area contributed by atoms with Crippen LogP contribution in [0.2, 0.25) is 6.32 Å². The maximum atomic E-state index is 12.2. The van der Waals surface area contributed by atoms with Gasteiger partial charge >= 0.3 is 64.3 Å². The molecule has 0 spiro atoms. The molecule has 82 valence electrons. The fourth-order valence-corrected chi connectivity index (χ4v) is 1.82. The van der Waals surface area contributed by atoms with Crippen LogP contribution in [-0.2, 0) is 9.53 Å². The van der Waals surface area contributed by atoms with Gasteiger partial charge in [0.15, 0.2) is 0 Å². The topological polar surface area (TPSA) is 26.3 Å². The van der Waals surface area contributed by atoms with E-state index >= 15 is 0 Å². The van der Waals surface area contributed by atoms with Gasteiger partial charge < -0.3 is 17.7 Å². The zero-order valence-electron chi connectivity index (χ0n) is 9.06. The van der Waals surface area contributed by atoms with Crippen molar-refractivity contribution in [3.05, 3.63) is 0 Å². The number of rotatable bonds is 4. The van der Waals surface area contributed by atoms with E-state index in [9.17, 15) is 17.7 Å². The molecule has 1 rings (SSSR count). The monoisotopic (exact) mass is 248 g/mol. The van der Waals surface area contributed by atoms with Gasteiger partial charge in [-0.3, -0.25) is 4.79 Å². The third-order valence-electron chi connectivity index (χ3n) is 2.64. The molecule has 0 aliphatic heterocycles. The van der Waals surface area contributed by atoms with Crippen LogP contribution in [0.3, 0.4) is 0 Å². The molecule has 0 bridgehead atoms. The Balaban J connectivity index is 0.00000196. The molecule has 0 amide bonds. The molecule has 15 heavy (non-hydrogen) atoms. The molecule has 0 aromatic rings. The minimum Gasteiger partial charge on any atom is -0.466 e. The Hall–Kier alpha value is 0.961. The van der Waals surface area contributed by atoms with Gasteiger partial charge in [0.05, 0.1) is 6.61 Å². The second kappa shape index (κ2) is 6.05. The van der Waals surface area contributed by atoms with Crippen molar-refractivity contribution in [2.24, 2.45) is 5.41 Å². The fourth-order valence-electron chi connectivity index (χ4n) is 1.82. The summed E-state index contributed by atoms with van der Waals surface area (Å²) in [4.78, 5) is 11.3. The van der Waals surface area contributed by atoms with E-state index in [-0.39, 0.29) is 58.0 Å². The van der Waals surface area contributed by atoms with E-state index in [1.807, 2.05) is 0 Å². The first-order chi connectivity index (χ1) is 6.40. The maximum Gasteiger partial charge on any atom is 1.00 e. The van der Waals surface area contributed by atoms with Crippen LogP contribution in [0.4, 0.5) is 12.9 Å². The molecule has 0 unspecified atom stereocenters. The fraction of sp³-hybridized carbons (Fsp3) is 0.875. The largest absolute Gasteiger partial charge is 1.00 e. The van der Waals surface area contributed by atoms with E-state index in [1.54, 1.807) is 6.92 Å². The van der Waals surface area contributed by atoms with Gasteiger partial charge in [0, 0.05) is 5.41 Å². The van der Waals surface area contributed by atoms with Crippen LogP contribution in [0.1, 0.15) is 26.2 Å². The van der Waals surface area contributed by atoms with Crippen molar-refractivity contribution in [2.75, 3.05) is 6.61 Å². The van der Waals surface area contributed by atoms with Crippen LogP contribution in [0.5, 0.6) is 0 Å². The molecule has 1 aliphatic carbocycles. The van der Waals surface area contributed by atoms with Gasteiger partial charge in [-0.15, -0.1) is 0 Å². The molecular formula is C8H13BF3KO2. The van der Waals surface area contributed by atoms with Crippen LogP contribution < -0.4 is 51.4 Å². The Labute approximate surface area is 130 Å². The zero-order valence-corrected chi connectivity index (χ0v) is 12.2. The molecule has 0 atom stereocenters. The summed E-state index contributed by atoms with van der Waals surface area (Å²) in [5, 5.41) is 0. The number of hydrogen-bond donors (Lipinski definition) is 0. The predicted molar refractivity (Wildman–Crippen MR) is 46.8 cm³/mol. The van der Waals surface area contributed by atoms with E-state index in [2.05, 4.69) is 4.74 Å². The van der Waals surface area contributed by atoms with Crippen molar-refractivity contribution in [3.63, 3.8) is 0 Å². The summed E-state index contributed by atoms with van der Waals surface area (Å²) in [6, 6.07) is 0. The Morgan fingerprint density at radius 1 is 1.40 bits per heavy atom. The molecule has 0 aromatic carbocycles. The van der Waals surface area contributed by atoms with E-state index < -0.39 is 24.7 Å². The summed E-state index contributed by atoms with van der Waals surface area (Å²) < 4.78 is 41.3. The second-order valence-corrected chi connectivity index (χ2v) is 3.77. The van der Waals surface area contributed by atoms with Crippen LogP contribution in [0, 0.1) is 5.41 Å². The van der Waals surface area contributed by atoms with Gasteiger partial charge in [-0.2, -0.15) is 0 Å². The Bertz CT molecular complexity index is 228. The number of ether oxygens (including phenoxy) is 1. The standard InChI is InChI=1S/C8H13BF3O2.K/c1-2-14-7(13)8(4-3-5-8)6-9(10,11)12;/h2-6H2,1H3;/q-1;+1. The summed E-state index contributed by atoms with van der Waals surface area (Å²) >= 11 is 0. The Morgan fingerprint density at radius 3 is 2.20 bits per heavy atom. The average molecular weight is 248 g/mol. The summed E-state index contributed by atoms with van der Waals surface area (Å²) in [6.45, 7) is -3.16. The number of carbonyl (C=O) groups excluding carboxylic acids is 1. The molecule has 0 N–H and O–H groups in total. The van der Waals surface area contributed by atoms with E-state index in [1.165, 1.54) is 0 Å². The van der Waals surface area contributed by atoms with Gasteiger partial charge in [-0.05, 0) is 19.8 Å². The van der Waals surface area contributed by atoms with Crippen LogP contribution in [0.25, 0.3) is 0 Å². The van der Waals surface area contributed by atoms with Gasteiger partial charge in [0.25, 0.3) is 0 Å². The molecule has 1 aliphatic rings. The number of hydrogen-bond acceptors (Lipinski definition) is 2. The van der Waals surface area contributed by atoms with Gasteiger partial charge in [0.1, 0.15) is 0 Å². The van der Waals surface area contributed by atoms with Gasteiger partial charge in [-0.1, -0.05) is 12.7 Å². The minimum atomic E-state index is -4.90. The quantitative estimate of drug-likeness (QED) is 0.498. The van der Waals surface area contributed by atoms with Crippen LogP contribution in [-0.4, -0.2) is 19.6 Å². The molecule has 0 heterocycles. The summed E-state index contributed by atoms with van der Waals surface area (Å²) in [6.07, 6.45) is 0.330. The Morgan fingerprint density at radius 2 is 1.93 bits per heavy atom. The molecule has 1 fully saturated rings. The molecule has 0 aromatic heterocycles. The van der Waals surface area contributed by atoms with Crippen molar-refractivity contribution in [1.82, 2.24) is 0 Å². The van der Waals surface area contributed by atoms with Gasteiger partial charge in [0.2, 0.25) is 0 Å². The molecule has 0 radical (unpaired) electrons. The minimum absolute atomic E-state index is 0. The summed E-state index contributed by atoms with van der Waals surface area (Å²) in [5.74, 6) is -0.676. The second-order valence-electron chi connectivity index (χ2n) is 3.77. The van der Waals surface area contributed by atoms with Crippen LogP contribution >= 0.6 is 0 Å². The van der Waals surface area contributed by atoms with Crippen molar-refractivity contribution in [2.45, 2.75) is 32.5 Å². The normalized spacial score (nSPS) is 18.7. The Kier molecular flexibility index (Phi) is 6.43. The van der Waals surface area contributed by atoms with Crippen molar-refractivity contribution >= 4 is 12.9 Å². The smallest absolute Gasteiger partial charge is 0.466 e. The molecule has 2 nitrogen and oxygen atoms in total. The molecule has 0 saturated heterocycles. The van der Waals surface area contributed by atoms with E-state index in [0.717, 1.165) is 0 Å². The summed E-state index contributed by atoms with van der Waals surface area (Å²) in [7, 11) is 0. The molecular weight excluding hydrogens is 235 g/mol. The van der Waals surface area contributed by atoms with Gasteiger partial charge in [-0.25, -0.2) is 0 Å². The molecule has 7 heteroatoms. The average Bonchev–Trinajstić information content (AvgIpc) is 1.95. The zero-order chi connectivity index (χ0) is 10.8. The maximum absolute atomic E-state index is 12.2. The number of esters is 1. The van der Waals surface area contributed by atoms with Crippen molar-refractivity contribution in [3.8, 4) is 0 Å². The van der Waals surface area contributed by atoms with E-state index in [4.69, 9.17) is 0 Å². The third-order valence-corrected chi connectivity index (χ3v) is 2.64. The first-order valence-corrected chi connectivity index (χ1v) is 4.78. The van der Waals surface area contributed by atoms with Crippen LogP contribution in [0.15, 0.2) is 0 Å². The van der Waals surface area contributed by atoms with Crippen molar-refractivity contribution in [1.29, 1.82) is 0 Å². The number of carbonyl (C=O) groups is 1. The first kappa shape index (κ1) is 16.0.